The number of hydrogen-bond donors (Lipinski definition) is 0. The lowest BCUT2D eigenvalue weighted by atomic mass is 9.90. The van der Waals surface area contributed by atoms with Gasteiger partial charge in [0.25, 0.3) is 0 Å². The maximum Gasteiger partial charge on any atom is 0.315 e. The minimum Gasteiger partial charge on any atom is -0.465 e. The zero-order chi connectivity index (χ0) is 14.0. The van der Waals surface area contributed by atoms with Gasteiger partial charge in [0, 0.05) is 11.3 Å². The Morgan fingerprint density at radius 3 is 2.84 bits per heavy atom. The van der Waals surface area contributed by atoms with Crippen LogP contribution in [0.1, 0.15) is 62.0 Å². The van der Waals surface area contributed by atoms with Crippen LogP contribution in [0.15, 0.2) is 0 Å². The normalized spacial score (nSPS) is 19.1. The molecule has 1 aromatic heterocycles. The Labute approximate surface area is 119 Å². The Morgan fingerprint density at radius 1 is 1.47 bits per heavy atom. The van der Waals surface area contributed by atoms with Gasteiger partial charge in [0.15, 0.2) is 0 Å². The van der Waals surface area contributed by atoms with Crippen LogP contribution in [0.3, 0.4) is 0 Å². The first-order chi connectivity index (χ1) is 8.90. The molecule has 0 aliphatic heterocycles. The molecule has 0 amide bonds. The number of fused-ring (bicyclic) bond motifs is 1. The molecule has 1 atom stereocenters. The van der Waals surface area contributed by atoms with Crippen molar-refractivity contribution < 1.29 is 9.53 Å². The molecule has 1 aliphatic carbocycles. The molecule has 0 aromatic carbocycles. The minimum absolute atomic E-state index is 0.101. The largest absolute Gasteiger partial charge is 0.465 e. The number of carbonyl (C=O) groups excluding carboxylic acids is 1. The molecule has 0 saturated heterocycles. The van der Waals surface area contributed by atoms with Crippen LogP contribution in [-0.2, 0) is 22.4 Å². The van der Waals surface area contributed by atoms with E-state index in [0.717, 1.165) is 36.4 Å². The number of thiazole rings is 1. The van der Waals surface area contributed by atoms with Crippen molar-refractivity contribution in [2.45, 2.75) is 59.3 Å². The van der Waals surface area contributed by atoms with Crippen molar-refractivity contribution in [2.24, 2.45) is 5.41 Å². The highest BCUT2D eigenvalue weighted by molar-refractivity contribution is 7.11. The molecule has 1 unspecified atom stereocenters. The summed E-state index contributed by atoms with van der Waals surface area (Å²) < 4.78 is 5.17. The zero-order valence-corrected chi connectivity index (χ0v) is 13.1. The number of ether oxygens (including phenoxy) is 1. The standard InChI is InChI=1S/C15H23NO2S/c1-5-18-14(17)10-7-6-8-11-13(10)16-12(19-11)9-15(2,3)4/h10H,5-9H2,1-4H3. The maximum absolute atomic E-state index is 12.0. The highest BCUT2D eigenvalue weighted by Gasteiger charge is 2.31. The van der Waals surface area contributed by atoms with E-state index in [4.69, 9.17) is 9.72 Å². The average molecular weight is 281 g/mol. The van der Waals surface area contributed by atoms with E-state index in [1.807, 2.05) is 6.92 Å². The first kappa shape index (κ1) is 14.5. The van der Waals surface area contributed by atoms with Gasteiger partial charge in [0.05, 0.1) is 17.3 Å². The van der Waals surface area contributed by atoms with Gasteiger partial charge < -0.3 is 4.74 Å². The predicted octanol–water partition coefficient (Wildman–Crippen LogP) is 3.71. The fourth-order valence-corrected chi connectivity index (χ4v) is 3.94. The van der Waals surface area contributed by atoms with Crippen LogP contribution in [0.25, 0.3) is 0 Å². The first-order valence-electron chi connectivity index (χ1n) is 7.06. The van der Waals surface area contributed by atoms with Gasteiger partial charge in [-0.15, -0.1) is 11.3 Å². The van der Waals surface area contributed by atoms with Crippen molar-refractivity contribution in [3.05, 3.63) is 15.6 Å². The van der Waals surface area contributed by atoms with Gasteiger partial charge in [-0.05, 0) is 31.6 Å². The summed E-state index contributed by atoms with van der Waals surface area (Å²) in [4.78, 5) is 18.0. The Kier molecular flexibility index (Phi) is 4.29. The third-order valence-corrected chi connectivity index (χ3v) is 4.38. The van der Waals surface area contributed by atoms with Crippen LogP contribution in [0, 0.1) is 5.41 Å². The van der Waals surface area contributed by atoms with Crippen LogP contribution in [0.2, 0.25) is 0 Å². The molecule has 0 spiro atoms. The summed E-state index contributed by atoms with van der Waals surface area (Å²) in [6, 6.07) is 0. The summed E-state index contributed by atoms with van der Waals surface area (Å²) in [6.07, 6.45) is 3.98. The third-order valence-electron chi connectivity index (χ3n) is 3.25. The van der Waals surface area contributed by atoms with Gasteiger partial charge in [-0.3, -0.25) is 4.79 Å². The molecule has 0 saturated carbocycles. The second kappa shape index (κ2) is 5.61. The van der Waals surface area contributed by atoms with Gasteiger partial charge in [0.2, 0.25) is 0 Å². The van der Waals surface area contributed by atoms with E-state index in [9.17, 15) is 4.79 Å². The van der Waals surface area contributed by atoms with E-state index in [2.05, 4.69) is 20.8 Å². The number of hydrogen-bond acceptors (Lipinski definition) is 4. The number of carbonyl (C=O) groups is 1. The van der Waals surface area contributed by atoms with Crippen molar-refractivity contribution in [2.75, 3.05) is 6.61 Å². The van der Waals surface area contributed by atoms with Crippen molar-refractivity contribution in [3.8, 4) is 0 Å². The average Bonchev–Trinajstić information content (AvgIpc) is 2.68. The molecule has 3 nitrogen and oxygen atoms in total. The van der Waals surface area contributed by atoms with Gasteiger partial charge in [-0.2, -0.15) is 0 Å². The number of rotatable bonds is 3. The monoisotopic (exact) mass is 281 g/mol. The Balaban J connectivity index is 2.22. The van der Waals surface area contributed by atoms with E-state index in [0.29, 0.717) is 6.61 Å². The van der Waals surface area contributed by atoms with Gasteiger partial charge >= 0.3 is 5.97 Å². The molecule has 1 aliphatic rings. The van der Waals surface area contributed by atoms with E-state index in [1.165, 1.54) is 4.88 Å². The molecule has 0 fully saturated rings. The molecule has 106 valence electrons. The molecule has 1 aromatic rings. The van der Waals surface area contributed by atoms with E-state index in [-0.39, 0.29) is 17.3 Å². The molecule has 0 radical (unpaired) electrons. The fourth-order valence-electron chi connectivity index (χ4n) is 2.47. The van der Waals surface area contributed by atoms with Gasteiger partial charge in [-0.25, -0.2) is 4.98 Å². The second-order valence-electron chi connectivity index (χ2n) is 6.35. The minimum atomic E-state index is -0.131. The number of aryl methyl sites for hydroxylation is 1. The Hall–Kier alpha value is -0.900. The van der Waals surface area contributed by atoms with Crippen molar-refractivity contribution >= 4 is 17.3 Å². The zero-order valence-electron chi connectivity index (χ0n) is 12.3. The van der Waals surface area contributed by atoms with Crippen LogP contribution in [0.5, 0.6) is 0 Å². The summed E-state index contributed by atoms with van der Waals surface area (Å²) in [5.41, 5.74) is 1.23. The molecule has 2 rings (SSSR count). The summed E-state index contributed by atoms with van der Waals surface area (Å²) in [7, 11) is 0. The molecule has 4 heteroatoms. The van der Waals surface area contributed by atoms with E-state index < -0.39 is 0 Å². The first-order valence-corrected chi connectivity index (χ1v) is 7.87. The third kappa shape index (κ3) is 3.56. The molecule has 19 heavy (non-hydrogen) atoms. The van der Waals surface area contributed by atoms with Crippen molar-refractivity contribution in [1.82, 2.24) is 4.98 Å². The Morgan fingerprint density at radius 2 is 2.21 bits per heavy atom. The van der Waals surface area contributed by atoms with Crippen LogP contribution >= 0.6 is 11.3 Å². The lowest BCUT2D eigenvalue weighted by molar-refractivity contribution is -0.145. The smallest absolute Gasteiger partial charge is 0.315 e. The second-order valence-corrected chi connectivity index (χ2v) is 7.52. The fraction of sp³-hybridized carbons (Fsp3) is 0.733. The predicted molar refractivity (Wildman–Crippen MR) is 77.6 cm³/mol. The van der Waals surface area contributed by atoms with Crippen LogP contribution in [-0.4, -0.2) is 17.6 Å². The van der Waals surface area contributed by atoms with Crippen LogP contribution < -0.4 is 0 Å². The highest BCUT2D eigenvalue weighted by Crippen LogP contribution is 2.37. The number of esters is 1. The van der Waals surface area contributed by atoms with Gasteiger partial charge in [-0.1, -0.05) is 20.8 Å². The molecule has 1 heterocycles. The lowest BCUT2D eigenvalue weighted by Gasteiger charge is -2.19. The Bertz CT molecular complexity index is 459. The van der Waals surface area contributed by atoms with E-state index >= 15 is 0 Å². The maximum atomic E-state index is 12.0. The summed E-state index contributed by atoms with van der Waals surface area (Å²) in [5, 5.41) is 1.16. The van der Waals surface area contributed by atoms with Crippen molar-refractivity contribution in [1.29, 1.82) is 0 Å². The summed E-state index contributed by atoms with van der Waals surface area (Å²) in [5.74, 6) is -0.232. The topological polar surface area (TPSA) is 39.2 Å². The summed E-state index contributed by atoms with van der Waals surface area (Å²) >= 11 is 1.78. The van der Waals surface area contributed by atoms with Crippen molar-refractivity contribution in [3.63, 3.8) is 0 Å². The SMILES string of the molecule is CCOC(=O)C1CCCc2sc(CC(C)(C)C)nc21. The number of nitrogens with zero attached hydrogens (tertiary/aromatic N) is 1. The van der Waals surface area contributed by atoms with E-state index in [1.54, 1.807) is 11.3 Å². The van der Waals surface area contributed by atoms with Gasteiger partial charge in [0.1, 0.15) is 5.92 Å². The number of aromatic nitrogens is 1. The highest BCUT2D eigenvalue weighted by atomic mass is 32.1. The lowest BCUT2D eigenvalue weighted by Crippen LogP contribution is -2.20. The quantitative estimate of drug-likeness (QED) is 0.793. The molecule has 0 bridgehead atoms. The molecular weight excluding hydrogens is 258 g/mol. The molecular formula is C15H23NO2S. The summed E-state index contributed by atoms with van der Waals surface area (Å²) in [6.45, 7) is 8.96. The van der Waals surface area contributed by atoms with Crippen LogP contribution in [0.4, 0.5) is 0 Å². The molecule has 0 N–H and O–H groups in total.